The third-order valence-corrected chi connectivity index (χ3v) is 8.85. The highest BCUT2D eigenvalue weighted by Gasteiger charge is 2.36. The monoisotopic (exact) mass is 591 g/mol. The number of hydrogen-bond acceptors (Lipinski definition) is 6. The van der Waals surface area contributed by atoms with Gasteiger partial charge in [-0.3, -0.25) is 14.4 Å². The molecular weight excluding hydrogens is 554 g/mol. The highest BCUT2D eigenvalue weighted by Crippen LogP contribution is 2.32. The minimum atomic E-state index is -0.206. The van der Waals surface area contributed by atoms with Gasteiger partial charge in [0.1, 0.15) is 11.5 Å². The summed E-state index contributed by atoms with van der Waals surface area (Å²) in [5, 5.41) is 15.8. The van der Waals surface area contributed by atoms with E-state index in [1.165, 1.54) is 17.1 Å². The zero-order chi connectivity index (χ0) is 30.8. The fourth-order valence-electron chi connectivity index (χ4n) is 6.22. The summed E-state index contributed by atoms with van der Waals surface area (Å²) in [4.78, 5) is 46.1. The predicted octanol–water partition coefficient (Wildman–Crippen LogP) is 4.54. The summed E-state index contributed by atoms with van der Waals surface area (Å²) in [6, 6.07) is 23.6. The molecule has 0 aliphatic carbocycles. The van der Waals surface area contributed by atoms with Gasteiger partial charge in [-0.1, -0.05) is 35.9 Å². The maximum atomic E-state index is 14.0. The summed E-state index contributed by atoms with van der Waals surface area (Å²) >= 11 is 0. The average Bonchev–Trinajstić information content (AvgIpc) is 3.41. The molecule has 0 radical (unpaired) electrons. The zero-order valence-corrected chi connectivity index (χ0v) is 25.1. The second-order valence-corrected chi connectivity index (χ2v) is 11.8. The Labute approximate surface area is 257 Å². The van der Waals surface area contributed by atoms with Gasteiger partial charge in [-0.15, -0.1) is 0 Å². The third kappa shape index (κ3) is 5.88. The number of piperidine rings is 2. The molecule has 0 spiro atoms. The van der Waals surface area contributed by atoms with Crippen LogP contribution in [-0.4, -0.2) is 89.6 Å². The van der Waals surface area contributed by atoms with Crippen molar-refractivity contribution in [1.82, 2.24) is 14.7 Å². The summed E-state index contributed by atoms with van der Waals surface area (Å²) in [6.45, 7) is 2.42. The molecule has 6 rings (SSSR count). The minimum Gasteiger partial charge on any atom is -0.508 e. The van der Waals surface area contributed by atoms with Crippen molar-refractivity contribution in [2.45, 2.75) is 31.7 Å². The minimum absolute atomic E-state index is 0.00592. The van der Waals surface area contributed by atoms with Crippen LogP contribution >= 0.6 is 0 Å². The quantitative estimate of drug-likeness (QED) is 0.440. The highest BCUT2D eigenvalue weighted by atomic mass is 16.3. The summed E-state index contributed by atoms with van der Waals surface area (Å²) in [5.41, 5.74) is 4.74. The van der Waals surface area contributed by atoms with Gasteiger partial charge in [0.2, 0.25) is 0 Å². The van der Waals surface area contributed by atoms with E-state index >= 15 is 0 Å². The predicted molar refractivity (Wildman–Crippen MR) is 170 cm³/mol. The smallest absolute Gasteiger partial charge is 0.280 e. The number of rotatable bonds is 5. The molecule has 3 aromatic carbocycles. The van der Waals surface area contributed by atoms with Crippen molar-refractivity contribution < 1.29 is 19.5 Å². The van der Waals surface area contributed by atoms with Gasteiger partial charge in [0.25, 0.3) is 17.7 Å². The van der Waals surface area contributed by atoms with E-state index < -0.39 is 0 Å². The third-order valence-electron chi connectivity index (χ3n) is 8.85. The second kappa shape index (κ2) is 12.5. The van der Waals surface area contributed by atoms with Crippen LogP contribution in [0.1, 0.15) is 52.0 Å². The topological polar surface area (TPSA) is 96.8 Å². The molecular formula is C35H37N5O4. The van der Waals surface area contributed by atoms with Crippen molar-refractivity contribution in [3.05, 3.63) is 107 Å². The molecule has 44 heavy (non-hydrogen) atoms. The number of phenols is 1. The lowest BCUT2D eigenvalue weighted by Gasteiger charge is -2.35. The van der Waals surface area contributed by atoms with Gasteiger partial charge >= 0.3 is 0 Å². The van der Waals surface area contributed by atoms with E-state index in [9.17, 15) is 19.5 Å². The van der Waals surface area contributed by atoms with Gasteiger partial charge < -0.3 is 19.8 Å². The average molecular weight is 592 g/mol. The van der Waals surface area contributed by atoms with Crippen LogP contribution < -0.4 is 5.01 Å². The van der Waals surface area contributed by atoms with Crippen LogP contribution in [0.25, 0.3) is 0 Å². The summed E-state index contributed by atoms with van der Waals surface area (Å²) < 4.78 is 0. The molecule has 2 saturated heterocycles. The van der Waals surface area contributed by atoms with Crippen molar-refractivity contribution in [3.63, 3.8) is 0 Å². The van der Waals surface area contributed by atoms with Gasteiger partial charge in [0, 0.05) is 48.9 Å². The Bertz CT molecular complexity index is 1600. The molecule has 0 saturated carbocycles. The lowest BCUT2D eigenvalue weighted by atomic mass is 9.91. The number of hydrazone groups is 1. The van der Waals surface area contributed by atoms with E-state index in [-0.39, 0.29) is 23.5 Å². The Morgan fingerprint density at radius 3 is 1.89 bits per heavy atom. The normalized spacial score (nSPS) is 17.8. The van der Waals surface area contributed by atoms with Crippen LogP contribution in [0.15, 0.2) is 95.1 Å². The number of phenolic OH excluding ortho intramolecular Hbond substituents is 1. The van der Waals surface area contributed by atoms with Gasteiger partial charge in [-0.25, -0.2) is 0 Å². The van der Waals surface area contributed by atoms with Crippen molar-refractivity contribution in [1.29, 1.82) is 0 Å². The van der Waals surface area contributed by atoms with Gasteiger partial charge in [-0.2, -0.15) is 10.1 Å². The standard InChI is InChI=1S/C35H37N5O4/c1-37(2)28-18-22-39(23-19-28)33(42)26-8-12-29(13-9-26)40-35(44)31(32(36-40)25-6-4-3-5-7-25)24-16-20-38(21-17-24)34(43)27-10-14-30(41)15-11-27/h3-15,28,41H,16-23H2,1-2H3. The van der Waals surface area contributed by atoms with Gasteiger partial charge in [0.15, 0.2) is 0 Å². The molecule has 226 valence electrons. The summed E-state index contributed by atoms with van der Waals surface area (Å²) in [6.07, 6.45) is 3.03. The first-order chi connectivity index (χ1) is 21.3. The van der Waals surface area contributed by atoms with Crippen molar-refractivity contribution in [3.8, 4) is 5.75 Å². The molecule has 3 aromatic rings. The molecule has 0 atom stereocenters. The first kappa shape index (κ1) is 29.3. The fraction of sp³-hybridized carbons (Fsp3) is 0.314. The number of likely N-dealkylation sites (tertiary alicyclic amines) is 2. The zero-order valence-electron chi connectivity index (χ0n) is 25.1. The molecule has 3 amide bonds. The van der Waals surface area contributed by atoms with E-state index in [2.05, 4.69) is 19.0 Å². The van der Waals surface area contributed by atoms with E-state index in [0.29, 0.717) is 60.1 Å². The van der Waals surface area contributed by atoms with Crippen LogP contribution in [0.5, 0.6) is 5.75 Å². The fourth-order valence-corrected chi connectivity index (χ4v) is 6.22. The molecule has 0 unspecified atom stereocenters. The Hall–Kier alpha value is -4.76. The Morgan fingerprint density at radius 2 is 1.32 bits per heavy atom. The number of amides is 3. The number of nitrogens with zero attached hydrogens (tertiary/aromatic N) is 5. The summed E-state index contributed by atoms with van der Waals surface area (Å²) in [5.74, 6) is -0.179. The number of aromatic hydroxyl groups is 1. The number of benzene rings is 3. The van der Waals surface area contributed by atoms with Crippen molar-refractivity contribution in [2.24, 2.45) is 5.10 Å². The molecule has 9 heteroatoms. The molecule has 9 nitrogen and oxygen atoms in total. The molecule has 1 N–H and O–H groups in total. The van der Waals surface area contributed by atoms with E-state index in [0.717, 1.165) is 37.1 Å². The second-order valence-electron chi connectivity index (χ2n) is 11.8. The maximum absolute atomic E-state index is 14.0. The van der Waals surface area contributed by atoms with Crippen LogP contribution in [0.3, 0.4) is 0 Å². The highest BCUT2D eigenvalue weighted by molar-refractivity contribution is 6.35. The lowest BCUT2D eigenvalue weighted by Crippen LogP contribution is -2.44. The molecule has 3 aliphatic heterocycles. The Kier molecular flexibility index (Phi) is 8.30. The first-order valence-corrected chi connectivity index (χ1v) is 15.1. The molecule has 0 bridgehead atoms. The molecule has 2 fully saturated rings. The van der Waals surface area contributed by atoms with Crippen molar-refractivity contribution >= 4 is 29.1 Å². The largest absolute Gasteiger partial charge is 0.508 e. The number of carbonyl (C=O) groups excluding carboxylic acids is 3. The summed E-state index contributed by atoms with van der Waals surface area (Å²) in [7, 11) is 4.16. The van der Waals surface area contributed by atoms with E-state index in [4.69, 9.17) is 5.10 Å². The van der Waals surface area contributed by atoms with Gasteiger partial charge in [0.05, 0.1) is 11.3 Å². The lowest BCUT2D eigenvalue weighted by molar-refractivity contribution is -0.114. The Morgan fingerprint density at radius 1 is 0.773 bits per heavy atom. The van der Waals surface area contributed by atoms with E-state index in [1.54, 1.807) is 41.3 Å². The SMILES string of the molecule is CN(C)C1CCN(C(=O)c2ccc(N3N=C(c4ccccc4)C(=C4CCN(C(=O)c5ccc(O)cc5)CC4)C3=O)cc2)CC1. The van der Waals surface area contributed by atoms with Crippen LogP contribution in [0.4, 0.5) is 5.69 Å². The first-order valence-electron chi connectivity index (χ1n) is 15.1. The van der Waals surface area contributed by atoms with Crippen LogP contribution in [0.2, 0.25) is 0 Å². The van der Waals surface area contributed by atoms with Crippen molar-refractivity contribution in [2.75, 3.05) is 45.3 Å². The van der Waals surface area contributed by atoms with Crippen LogP contribution in [0, 0.1) is 0 Å². The van der Waals surface area contributed by atoms with E-state index in [1.807, 2.05) is 35.2 Å². The maximum Gasteiger partial charge on any atom is 0.280 e. The molecule has 3 heterocycles. The number of carbonyl (C=O) groups is 3. The number of hydrogen-bond donors (Lipinski definition) is 1. The Balaban J connectivity index is 1.21. The molecule has 0 aromatic heterocycles. The van der Waals surface area contributed by atoms with Crippen LogP contribution in [-0.2, 0) is 4.79 Å². The van der Waals surface area contributed by atoms with Gasteiger partial charge in [-0.05, 0) is 88.3 Å². The number of anilines is 1. The molecule has 3 aliphatic rings.